The number of carbonyl (C=O) groups excluding carboxylic acids is 2. The van der Waals surface area contributed by atoms with Gasteiger partial charge in [-0.3, -0.25) is 4.79 Å². The zero-order valence-corrected chi connectivity index (χ0v) is 6.14. The van der Waals surface area contributed by atoms with Gasteiger partial charge in [-0.15, -0.1) is 0 Å². The van der Waals surface area contributed by atoms with E-state index in [-0.39, 0.29) is 17.8 Å². The molecule has 0 fully saturated rings. The van der Waals surface area contributed by atoms with E-state index in [0.29, 0.717) is 0 Å². The molecule has 0 saturated carbocycles. The van der Waals surface area contributed by atoms with Crippen molar-refractivity contribution >= 4 is 11.8 Å². The van der Waals surface area contributed by atoms with Crippen LogP contribution in [0.2, 0.25) is 0 Å². The molecule has 0 heterocycles. The molecule has 0 spiro atoms. The number of esters is 1. The molecule has 0 aromatic rings. The van der Waals surface area contributed by atoms with Crippen LogP contribution in [0.5, 0.6) is 0 Å². The van der Waals surface area contributed by atoms with Gasteiger partial charge >= 0.3 is 5.97 Å². The van der Waals surface area contributed by atoms with Gasteiger partial charge in [-0.25, -0.2) is 4.79 Å². The molecule has 0 aromatic heterocycles. The second-order valence-corrected chi connectivity index (χ2v) is 1.75. The molecule has 0 saturated heterocycles. The second-order valence-electron chi connectivity index (χ2n) is 1.75. The molecule has 0 aliphatic rings. The highest BCUT2D eigenvalue weighted by Crippen LogP contribution is 1.97. The maximum Gasteiger partial charge on any atom is 0.340 e. The standard InChI is InChI=1S/C7H10O3/c1-4-6(8)5(2)7(9)10-3/h2,4H2,1,3H3. The Labute approximate surface area is 59.7 Å². The van der Waals surface area contributed by atoms with Gasteiger partial charge in [0.05, 0.1) is 12.7 Å². The molecule has 3 nitrogen and oxygen atoms in total. The van der Waals surface area contributed by atoms with Gasteiger partial charge in [0.1, 0.15) is 0 Å². The molecule has 0 unspecified atom stereocenters. The number of ether oxygens (including phenoxy) is 1. The van der Waals surface area contributed by atoms with Crippen LogP contribution in [0.4, 0.5) is 0 Å². The summed E-state index contributed by atoms with van der Waals surface area (Å²) in [6, 6.07) is 0. The van der Waals surface area contributed by atoms with Gasteiger partial charge in [0.25, 0.3) is 0 Å². The lowest BCUT2D eigenvalue weighted by Gasteiger charge is -1.98. The number of rotatable bonds is 3. The van der Waals surface area contributed by atoms with Gasteiger partial charge in [-0.1, -0.05) is 13.5 Å². The molecule has 0 radical (unpaired) electrons. The average Bonchev–Trinajstić information content (AvgIpc) is 2.00. The topological polar surface area (TPSA) is 43.4 Å². The number of hydrogen-bond acceptors (Lipinski definition) is 3. The third kappa shape index (κ3) is 2.01. The number of methoxy groups -OCH3 is 1. The summed E-state index contributed by atoms with van der Waals surface area (Å²) in [5, 5.41) is 0. The zero-order valence-electron chi connectivity index (χ0n) is 6.14. The van der Waals surface area contributed by atoms with Crippen molar-refractivity contribution in [1.82, 2.24) is 0 Å². The number of hydrogen-bond donors (Lipinski definition) is 0. The lowest BCUT2D eigenvalue weighted by molar-refractivity contribution is -0.137. The molecule has 56 valence electrons. The Balaban J connectivity index is 4.09. The van der Waals surface area contributed by atoms with Crippen LogP contribution in [-0.2, 0) is 14.3 Å². The summed E-state index contributed by atoms with van der Waals surface area (Å²) >= 11 is 0. The third-order valence-corrected chi connectivity index (χ3v) is 1.09. The maximum atomic E-state index is 10.7. The van der Waals surface area contributed by atoms with Gasteiger partial charge < -0.3 is 4.74 Å². The summed E-state index contributed by atoms with van der Waals surface area (Å²) in [6.45, 7) is 4.94. The monoisotopic (exact) mass is 142 g/mol. The van der Waals surface area contributed by atoms with Crippen molar-refractivity contribution in [2.24, 2.45) is 0 Å². The van der Waals surface area contributed by atoms with E-state index in [1.165, 1.54) is 7.11 Å². The van der Waals surface area contributed by atoms with E-state index in [9.17, 15) is 9.59 Å². The minimum atomic E-state index is -0.646. The molecule has 0 bridgehead atoms. The van der Waals surface area contributed by atoms with Crippen LogP contribution >= 0.6 is 0 Å². The van der Waals surface area contributed by atoms with Crippen LogP contribution in [-0.4, -0.2) is 18.9 Å². The van der Waals surface area contributed by atoms with Gasteiger partial charge in [0, 0.05) is 6.42 Å². The smallest absolute Gasteiger partial charge is 0.340 e. The van der Waals surface area contributed by atoms with Gasteiger partial charge in [-0.05, 0) is 0 Å². The molecule has 0 atom stereocenters. The summed E-state index contributed by atoms with van der Waals surface area (Å²) in [4.78, 5) is 21.3. The first-order valence-corrected chi connectivity index (χ1v) is 2.93. The second kappa shape index (κ2) is 3.82. The van der Waals surface area contributed by atoms with Crippen LogP contribution in [0.1, 0.15) is 13.3 Å². The Hall–Kier alpha value is -1.12. The molecule has 0 amide bonds. The van der Waals surface area contributed by atoms with Crippen LogP contribution in [0.3, 0.4) is 0 Å². The number of ketones is 1. The highest BCUT2D eigenvalue weighted by atomic mass is 16.5. The predicted molar refractivity (Wildman–Crippen MR) is 36.5 cm³/mol. The van der Waals surface area contributed by atoms with Crippen LogP contribution in [0.15, 0.2) is 12.2 Å². The van der Waals surface area contributed by atoms with Gasteiger partial charge in [0.15, 0.2) is 5.78 Å². The zero-order chi connectivity index (χ0) is 8.15. The van der Waals surface area contributed by atoms with E-state index >= 15 is 0 Å². The Morgan fingerprint density at radius 3 is 2.30 bits per heavy atom. The van der Waals surface area contributed by atoms with Crippen molar-refractivity contribution in [2.75, 3.05) is 7.11 Å². The minimum absolute atomic E-state index is 0.0787. The molecule has 0 rings (SSSR count). The van der Waals surface area contributed by atoms with Crippen molar-refractivity contribution < 1.29 is 14.3 Å². The fourth-order valence-electron chi connectivity index (χ4n) is 0.450. The molecule has 0 aliphatic heterocycles. The van der Waals surface area contributed by atoms with Crippen molar-refractivity contribution in [3.8, 4) is 0 Å². The average molecular weight is 142 g/mol. The number of carbonyl (C=O) groups is 2. The first-order chi connectivity index (χ1) is 4.63. The van der Waals surface area contributed by atoms with Crippen molar-refractivity contribution in [2.45, 2.75) is 13.3 Å². The van der Waals surface area contributed by atoms with E-state index in [2.05, 4.69) is 11.3 Å². The lowest BCUT2D eigenvalue weighted by Crippen LogP contribution is -2.11. The van der Waals surface area contributed by atoms with Crippen LogP contribution in [0.25, 0.3) is 0 Å². The SMILES string of the molecule is C=C(C(=O)CC)C(=O)OC. The van der Waals surface area contributed by atoms with E-state index < -0.39 is 5.97 Å². The van der Waals surface area contributed by atoms with Gasteiger partial charge in [0.2, 0.25) is 0 Å². The fourth-order valence-corrected chi connectivity index (χ4v) is 0.450. The quantitative estimate of drug-likeness (QED) is 0.252. The fraction of sp³-hybridized carbons (Fsp3) is 0.429. The normalized spacial score (nSPS) is 8.60. The molecule has 10 heavy (non-hydrogen) atoms. The van der Waals surface area contributed by atoms with Crippen molar-refractivity contribution in [1.29, 1.82) is 0 Å². The molecule has 0 aromatic carbocycles. The summed E-state index contributed by atoms with van der Waals surface area (Å²) in [7, 11) is 1.22. The largest absolute Gasteiger partial charge is 0.465 e. The molecule has 0 N–H and O–H groups in total. The Morgan fingerprint density at radius 1 is 1.50 bits per heavy atom. The first-order valence-electron chi connectivity index (χ1n) is 2.93. The summed E-state index contributed by atoms with van der Waals surface area (Å²) in [5.41, 5.74) is -0.0787. The Kier molecular flexibility index (Phi) is 3.39. The highest BCUT2D eigenvalue weighted by Gasteiger charge is 2.12. The van der Waals surface area contributed by atoms with Crippen molar-refractivity contribution in [3.63, 3.8) is 0 Å². The summed E-state index contributed by atoms with van der Waals surface area (Å²) < 4.78 is 4.28. The molecule has 0 aliphatic carbocycles. The van der Waals surface area contributed by atoms with Crippen LogP contribution < -0.4 is 0 Å². The lowest BCUT2D eigenvalue weighted by atomic mass is 10.1. The predicted octanol–water partition coefficient (Wildman–Crippen LogP) is 0.695. The molecular weight excluding hydrogens is 132 g/mol. The highest BCUT2D eigenvalue weighted by molar-refractivity contribution is 6.16. The van der Waals surface area contributed by atoms with E-state index in [1.54, 1.807) is 6.92 Å². The Morgan fingerprint density at radius 2 is 2.00 bits per heavy atom. The minimum Gasteiger partial charge on any atom is -0.465 e. The summed E-state index contributed by atoms with van der Waals surface area (Å²) in [5.74, 6) is -0.918. The molecular formula is C7H10O3. The maximum absolute atomic E-state index is 10.7. The third-order valence-electron chi connectivity index (χ3n) is 1.09. The van der Waals surface area contributed by atoms with E-state index in [0.717, 1.165) is 0 Å². The van der Waals surface area contributed by atoms with Crippen molar-refractivity contribution in [3.05, 3.63) is 12.2 Å². The Bertz CT molecular complexity index is 152. The number of Topliss-reactive ketones (excluding diaryl/α,β-unsaturated/α-hetero) is 1. The van der Waals surface area contributed by atoms with E-state index in [1.807, 2.05) is 0 Å². The van der Waals surface area contributed by atoms with Gasteiger partial charge in [-0.2, -0.15) is 0 Å². The molecule has 3 heteroatoms. The van der Waals surface area contributed by atoms with Crippen LogP contribution in [0, 0.1) is 0 Å². The summed E-state index contributed by atoms with van der Waals surface area (Å²) in [6.07, 6.45) is 0.286. The first kappa shape index (κ1) is 8.88. The van der Waals surface area contributed by atoms with E-state index in [4.69, 9.17) is 0 Å².